The number of hydrogen-bond acceptors (Lipinski definition) is 4. The summed E-state index contributed by atoms with van der Waals surface area (Å²) in [6.45, 7) is 5.97. The Bertz CT molecular complexity index is 597. The van der Waals surface area contributed by atoms with E-state index in [0.717, 1.165) is 12.0 Å². The summed E-state index contributed by atoms with van der Waals surface area (Å²) < 4.78 is 11.4. The van der Waals surface area contributed by atoms with E-state index in [-0.39, 0.29) is 30.5 Å². The fourth-order valence-electron chi connectivity index (χ4n) is 2.55. The van der Waals surface area contributed by atoms with Crippen molar-refractivity contribution < 1.29 is 24.2 Å². The topological polar surface area (TPSA) is 84.9 Å². The Kier molecular flexibility index (Phi) is 5.13. The molecule has 23 heavy (non-hydrogen) atoms. The van der Waals surface area contributed by atoms with E-state index < -0.39 is 5.97 Å². The number of aliphatic carboxylic acids is 1. The lowest BCUT2D eigenvalue weighted by molar-refractivity contribution is -0.138. The first-order valence-corrected chi connectivity index (χ1v) is 7.69. The molecule has 1 aromatic rings. The molecule has 0 saturated carbocycles. The van der Waals surface area contributed by atoms with Crippen molar-refractivity contribution in [3.05, 3.63) is 23.8 Å². The van der Waals surface area contributed by atoms with Crippen molar-refractivity contribution in [2.75, 3.05) is 13.2 Å². The van der Waals surface area contributed by atoms with Gasteiger partial charge in [-0.05, 0) is 25.8 Å². The fourth-order valence-corrected chi connectivity index (χ4v) is 2.55. The first-order chi connectivity index (χ1) is 10.8. The summed E-state index contributed by atoms with van der Waals surface area (Å²) in [5, 5.41) is 11.4. The minimum atomic E-state index is -0.873. The number of para-hydroxylation sites is 1. The van der Waals surface area contributed by atoms with Crippen molar-refractivity contribution in [2.45, 2.75) is 39.2 Å². The van der Waals surface area contributed by atoms with E-state index >= 15 is 0 Å². The molecule has 0 saturated heterocycles. The first kappa shape index (κ1) is 17.1. The van der Waals surface area contributed by atoms with Crippen molar-refractivity contribution >= 4 is 11.9 Å². The van der Waals surface area contributed by atoms with Crippen LogP contribution in [-0.2, 0) is 16.0 Å². The summed E-state index contributed by atoms with van der Waals surface area (Å²) in [5.41, 5.74) is 0.805. The lowest BCUT2D eigenvalue weighted by Crippen LogP contribution is -2.33. The molecule has 6 nitrogen and oxygen atoms in total. The maximum atomic E-state index is 11.8. The quantitative estimate of drug-likeness (QED) is 0.802. The molecule has 0 aliphatic carbocycles. The van der Waals surface area contributed by atoms with Gasteiger partial charge in [0.2, 0.25) is 0 Å². The van der Waals surface area contributed by atoms with Gasteiger partial charge < -0.3 is 19.9 Å². The molecule has 1 atom stereocenters. The highest BCUT2D eigenvalue weighted by molar-refractivity contribution is 5.77. The normalized spacial score (nSPS) is 16.1. The molecule has 0 aromatic heterocycles. The molecule has 1 amide bonds. The highest BCUT2D eigenvalue weighted by Crippen LogP contribution is 2.41. The van der Waals surface area contributed by atoms with Crippen molar-refractivity contribution in [3.8, 4) is 11.5 Å². The first-order valence-electron chi connectivity index (χ1n) is 7.69. The van der Waals surface area contributed by atoms with Crippen LogP contribution < -0.4 is 14.8 Å². The number of ether oxygens (including phenoxy) is 2. The number of hydrogen-bond donors (Lipinski definition) is 2. The Labute approximate surface area is 135 Å². The third-order valence-electron chi connectivity index (χ3n) is 3.58. The van der Waals surface area contributed by atoms with Gasteiger partial charge in [-0.15, -0.1) is 0 Å². The van der Waals surface area contributed by atoms with Crippen LogP contribution in [0.4, 0.5) is 0 Å². The average molecular weight is 321 g/mol. The Hall–Kier alpha value is -2.24. The molecule has 6 heteroatoms. The predicted molar refractivity (Wildman–Crippen MR) is 84.8 cm³/mol. The third kappa shape index (κ3) is 4.87. The molecular weight excluding hydrogens is 298 g/mol. The summed E-state index contributed by atoms with van der Waals surface area (Å²) in [5.74, 6) is -0.0207. The fraction of sp³-hybridized carbons (Fsp3) is 0.529. The van der Waals surface area contributed by atoms with E-state index in [0.29, 0.717) is 18.0 Å². The van der Waals surface area contributed by atoms with Crippen LogP contribution in [0.25, 0.3) is 0 Å². The second kappa shape index (κ2) is 6.89. The number of carboxylic acids is 1. The van der Waals surface area contributed by atoms with E-state index in [4.69, 9.17) is 14.6 Å². The van der Waals surface area contributed by atoms with Gasteiger partial charge in [-0.1, -0.05) is 19.1 Å². The zero-order valence-corrected chi connectivity index (χ0v) is 13.7. The standard InChI is InChI=1S/C17H23NO5/c1-11(7-15(20)21)9-18-14(19)10-22-13-6-4-5-12-8-17(2,3)23-16(12)13/h4-6,11H,7-10H2,1-3H3,(H,18,19)(H,20,21). The van der Waals surface area contributed by atoms with Crippen LogP contribution in [0.2, 0.25) is 0 Å². The number of carbonyl (C=O) groups excluding carboxylic acids is 1. The minimum absolute atomic E-state index is 0.0241. The van der Waals surface area contributed by atoms with Gasteiger partial charge in [-0.3, -0.25) is 9.59 Å². The zero-order valence-electron chi connectivity index (χ0n) is 13.7. The number of amides is 1. The SMILES string of the molecule is CC(CNC(=O)COc1cccc2c1OC(C)(C)C2)CC(=O)O. The zero-order chi connectivity index (χ0) is 17.0. The van der Waals surface area contributed by atoms with Crippen LogP contribution in [0.3, 0.4) is 0 Å². The lowest BCUT2D eigenvalue weighted by atomic mass is 10.0. The minimum Gasteiger partial charge on any atom is -0.483 e. The third-order valence-corrected chi connectivity index (χ3v) is 3.58. The van der Waals surface area contributed by atoms with Crippen LogP contribution in [0, 0.1) is 5.92 Å². The highest BCUT2D eigenvalue weighted by Gasteiger charge is 2.32. The predicted octanol–water partition coefficient (Wildman–Crippen LogP) is 2.01. The van der Waals surface area contributed by atoms with Crippen molar-refractivity contribution in [1.82, 2.24) is 5.32 Å². The Morgan fingerprint density at radius 3 is 2.87 bits per heavy atom. The molecular formula is C17H23NO5. The van der Waals surface area contributed by atoms with Gasteiger partial charge in [0.25, 0.3) is 5.91 Å². The summed E-state index contributed by atoms with van der Waals surface area (Å²) in [4.78, 5) is 22.4. The van der Waals surface area contributed by atoms with E-state index in [1.807, 2.05) is 26.0 Å². The smallest absolute Gasteiger partial charge is 0.303 e. The molecule has 2 N–H and O–H groups in total. The molecule has 0 spiro atoms. The number of carbonyl (C=O) groups is 2. The molecule has 0 radical (unpaired) electrons. The Balaban J connectivity index is 1.84. The number of rotatable bonds is 7. The van der Waals surface area contributed by atoms with Crippen LogP contribution >= 0.6 is 0 Å². The van der Waals surface area contributed by atoms with Gasteiger partial charge in [0, 0.05) is 24.9 Å². The maximum absolute atomic E-state index is 11.8. The maximum Gasteiger partial charge on any atom is 0.303 e. The number of carboxylic acid groups (broad SMARTS) is 1. The van der Waals surface area contributed by atoms with Gasteiger partial charge in [0.15, 0.2) is 18.1 Å². The van der Waals surface area contributed by atoms with Gasteiger partial charge in [-0.25, -0.2) is 0 Å². The molecule has 0 fully saturated rings. The highest BCUT2D eigenvalue weighted by atomic mass is 16.5. The monoisotopic (exact) mass is 321 g/mol. The van der Waals surface area contributed by atoms with Crippen LogP contribution in [0.15, 0.2) is 18.2 Å². The van der Waals surface area contributed by atoms with Gasteiger partial charge in [0.05, 0.1) is 0 Å². The van der Waals surface area contributed by atoms with Gasteiger partial charge in [0.1, 0.15) is 5.60 Å². The van der Waals surface area contributed by atoms with Gasteiger partial charge in [-0.2, -0.15) is 0 Å². The molecule has 0 bridgehead atoms. The van der Waals surface area contributed by atoms with Crippen LogP contribution in [0.1, 0.15) is 32.8 Å². The van der Waals surface area contributed by atoms with Crippen molar-refractivity contribution in [2.24, 2.45) is 5.92 Å². The molecule has 1 aliphatic heterocycles. The van der Waals surface area contributed by atoms with E-state index in [1.165, 1.54) is 0 Å². The second-order valence-corrected chi connectivity index (χ2v) is 6.58. The molecule has 1 heterocycles. The number of nitrogens with one attached hydrogen (secondary N) is 1. The van der Waals surface area contributed by atoms with Gasteiger partial charge >= 0.3 is 5.97 Å². The Morgan fingerprint density at radius 1 is 1.43 bits per heavy atom. The number of benzene rings is 1. The lowest BCUT2D eigenvalue weighted by Gasteiger charge is -2.18. The average Bonchev–Trinajstić information content (AvgIpc) is 2.76. The molecule has 1 aliphatic rings. The van der Waals surface area contributed by atoms with E-state index in [9.17, 15) is 9.59 Å². The molecule has 1 unspecified atom stereocenters. The summed E-state index contributed by atoms with van der Waals surface area (Å²) in [6, 6.07) is 5.65. The van der Waals surface area contributed by atoms with Crippen LogP contribution in [-0.4, -0.2) is 35.7 Å². The molecule has 2 rings (SSSR count). The molecule has 1 aromatic carbocycles. The summed E-state index contributed by atoms with van der Waals surface area (Å²) >= 11 is 0. The molecule has 126 valence electrons. The van der Waals surface area contributed by atoms with Crippen LogP contribution in [0.5, 0.6) is 11.5 Å². The van der Waals surface area contributed by atoms with E-state index in [2.05, 4.69) is 5.32 Å². The largest absolute Gasteiger partial charge is 0.483 e. The number of fused-ring (bicyclic) bond motifs is 1. The van der Waals surface area contributed by atoms with Crippen molar-refractivity contribution in [1.29, 1.82) is 0 Å². The van der Waals surface area contributed by atoms with E-state index in [1.54, 1.807) is 13.0 Å². The Morgan fingerprint density at radius 2 is 2.17 bits per heavy atom. The summed E-state index contributed by atoms with van der Waals surface area (Å²) in [6.07, 6.45) is 0.828. The van der Waals surface area contributed by atoms with Crippen molar-refractivity contribution in [3.63, 3.8) is 0 Å². The summed E-state index contributed by atoms with van der Waals surface area (Å²) in [7, 11) is 0. The second-order valence-electron chi connectivity index (χ2n) is 6.58.